The van der Waals surface area contributed by atoms with E-state index in [0.29, 0.717) is 19.1 Å². The van der Waals surface area contributed by atoms with E-state index in [2.05, 4.69) is 15.6 Å². The molecule has 1 amide bonds. The van der Waals surface area contributed by atoms with Crippen molar-refractivity contribution in [1.29, 1.82) is 0 Å². The van der Waals surface area contributed by atoms with Gasteiger partial charge in [0.1, 0.15) is 0 Å². The molecule has 6 nitrogen and oxygen atoms in total. The Kier molecular flexibility index (Phi) is 7.06. The van der Waals surface area contributed by atoms with E-state index in [-0.39, 0.29) is 17.9 Å². The normalized spacial score (nSPS) is 16.8. The molecule has 6 heteroatoms. The van der Waals surface area contributed by atoms with Crippen molar-refractivity contribution in [3.63, 3.8) is 0 Å². The molecule has 0 spiro atoms. The Morgan fingerprint density at radius 3 is 2.88 bits per heavy atom. The van der Waals surface area contributed by atoms with Gasteiger partial charge in [-0.3, -0.25) is 4.79 Å². The average molecular weight is 332 g/mol. The van der Waals surface area contributed by atoms with Gasteiger partial charge in [-0.05, 0) is 37.5 Å². The average Bonchev–Trinajstić information content (AvgIpc) is 3.08. The quantitative estimate of drug-likeness (QED) is 0.528. The van der Waals surface area contributed by atoms with Crippen LogP contribution in [0, 0.1) is 5.92 Å². The third kappa shape index (κ3) is 5.85. The molecule has 4 N–H and O–H groups in total. The van der Waals surface area contributed by atoms with Crippen LogP contribution in [0.25, 0.3) is 0 Å². The topological polar surface area (TPSA) is 88.7 Å². The fraction of sp³-hybridized carbons (Fsp3) is 0.556. The molecule has 0 saturated heterocycles. The summed E-state index contributed by atoms with van der Waals surface area (Å²) in [4.78, 5) is 16.5. The summed E-state index contributed by atoms with van der Waals surface area (Å²) in [6, 6.07) is 7.85. The largest absolute Gasteiger partial charge is 0.383 e. The molecule has 132 valence electrons. The van der Waals surface area contributed by atoms with E-state index in [1.54, 1.807) is 7.11 Å². The van der Waals surface area contributed by atoms with Gasteiger partial charge in [-0.1, -0.05) is 25.0 Å². The zero-order chi connectivity index (χ0) is 17.4. The first-order valence-corrected chi connectivity index (χ1v) is 8.53. The number of hydrogen-bond donors (Lipinski definition) is 3. The van der Waals surface area contributed by atoms with Crippen LogP contribution in [0.1, 0.15) is 38.2 Å². The Balaban J connectivity index is 1.88. The maximum absolute atomic E-state index is 12.2. The summed E-state index contributed by atoms with van der Waals surface area (Å²) in [6.07, 6.45) is 4.30. The third-order valence-electron chi connectivity index (χ3n) is 4.16. The van der Waals surface area contributed by atoms with Crippen LogP contribution >= 0.6 is 0 Å². The molecule has 0 radical (unpaired) electrons. The lowest BCUT2D eigenvalue weighted by Gasteiger charge is -2.13. The highest BCUT2D eigenvalue weighted by Crippen LogP contribution is 2.26. The number of rotatable bonds is 7. The zero-order valence-corrected chi connectivity index (χ0v) is 14.5. The SMILES string of the molecule is COCC(C)NC(N)=NCc1cccc(NC(=O)C2CCCC2)c1. The number of ether oxygens (including phenoxy) is 1. The first-order chi connectivity index (χ1) is 11.6. The van der Waals surface area contributed by atoms with Crippen LogP contribution in [0.2, 0.25) is 0 Å². The van der Waals surface area contributed by atoms with E-state index >= 15 is 0 Å². The fourth-order valence-corrected chi connectivity index (χ4v) is 2.95. The van der Waals surface area contributed by atoms with Gasteiger partial charge in [0.05, 0.1) is 13.2 Å². The van der Waals surface area contributed by atoms with Gasteiger partial charge >= 0.3 is 0 Å². The predicted octanol–water partition coefficient (Wildman–Crippen LogP) is 2.25. The van der Waals surface area contributed by atoms with Crippen LogP contribution < -0.4 is 16.4 Å². The van der Waals surface area contributed by atoms with Crippen LogP contribution in [0.3, 0.4) is 0 Å². The molecule has 1 atom stereocenters. The van der Waals surface area contributed by atoms with Crippen molar-refractivity contribution < 1.29 is 9.53 Å². The highest BCUT2D eigenvalue weighted by atomic mass is 16.5. The number of methoxy groups -OCH3 is 1. The molecule has 0 aromatic heterocycles. The molecule has 24 heavy (non-hydrogen) atoms. The number of aliphatic imine (C=N–C) groups is 1. The summed E-state index contributed by atoms with van der Waals surface area (Å²) in [5.41, 5.74) is 7.69. The first kappa shape index (κ1) is 18.3. The van der Waals surface area contributed by atoms with E-state index in [1.165, 1.54) is 0 Å². The van der Waals surface area contributed by atoms with Crippen LogP contribution in [0.5, 0.6) is 0 Å². The maximum Gasteiger partial charge on any atom is 0.227 e. The van der Waals surface area contributed by atoms with Crippen LogP contribution in [0.15, 0.2) is 29.3 Å². The Hall–Kier alpha value is -2.08. The molecule has 0 heterocycles. The van der Waals surface area contributed by atoms with Crippen molar-refractivity contribution in [2.75, 3.05) is 19.0 Å². The van der Waals surface area contributed by atoms with Gasteiger partial charge in [-0.25, -0.2) is 4.99 Å². The molecule has 1 aliphatic rings. The summed E-state index contributed by atoms with van der Waals surface area (Å²) in [6.45, 7) is 3.01. The summed E-state index contributed by atoms with van der Waals surface area (Å²) in [7, 11) is 1.65. The molecular formula is C18H28N4O2. The Labute approximate surface area is 143 Å². The number of carbonyl (C=O) groups is 1. The lowest BCUT2D eigenvalue weighted by atomic mass is 10.1. The molecule has 1 aliphatic carbocycles. The Bertz CT molecular complexity index is 568. The van der Waals surface area contributed by atoms with Gasteiger partial charge in [0, 0.05) is 24.8 Å². The highest BCUT2D eigenvalue weighted by molar-refractivity contribution is 5.92. The number of nitrogens with zero attached hydrogens (tertiary/aromatic N) is 1. The molecule has 1 unspecified atom stereocenters. The number of amides is 1. The second kappa shape index (κ2) is 9.27. The fourth-order valence-electron chi connectivity index (χ4n) is 2.95. The highest BCUT2D eigenvalue weighted by Gasteiger charge is 2.22. The van der Waals surface area contributed by atoms with Gasteiger partial charge in [-0.2, -0.15) is 0 Å². The minimum absolute atomic E-state index is 0.107. The molecule has 1 saturated carbocycles. The second-order valence-electron chi connectivity index (χ2n) is 6.37. The molecular weight excluding hydrogens is 304 g/mol. The van der Waals surface area contributed by atoms with Crippen molar-refractivity contribution >= 4 is 17.6 Å². The molecule has 1 aromatic rings. The number of guanidine groups is 1. The number of anilines is 1. The van der Waals surface area contributed by atoms with Crippen molar-refractivity contribution in [1.82, 2.24) is 5.32 Å². The van der Waals surface area contributed by atoms with E-state index in [9.17, 15) is 4.79 Å². The van der Waals surface area contributed by atoms with Crippen molar-refractivity contribution in [3.8, 4) is 0 Å². The molecule has 0 bridgehead atoms. The van der Waals surface area contributed by atoms with Gasteiger partial charge in [-0.15, -0.1) is 0 Å². The van der Waals surface area contributed by atoms with Gasteiger partial charge in [0.15, 0.2) is 5.96 Å². The minimum atomic E-state index is 0.107. The van der Waals surface area contributed by atoms with E-state index in [4.69, 9.17) is 10.5 Å². The van der Waals surface area contributed by atoms with E-state index in [1.807, 2.05) is 31.2 Å². The Morgan fingerprint density at radius 2 is 2.17 bits per heavy atom. The molecule has 0 aliphatic heterocycles. The van der Waals surface area contributed by atoms with Gasteiger partial charge in [0.25, 0.3) is 0 Å². The summed E-state index contributed by atoms with van der Waals surface area (Å²) in [5, 5.41) is 6.08. The predicted molar refractivity (Wildman–Crippen MR) is 96.8 cm³/mol. The van der Waals surface area contributed by atoms with E-state index < -0.39 is 0 Å². The van der Waals surface area contributed by atoms with Crippen molar-refractivity contribution in [2.24, 2.45) is 16.6 Å². The van der Waals surface area contributed by atoms with Crippen LogP contribution in [0.4, 0.5) is 5.69 Å². The van der Waals surface area contributed by atoms with Crippen LogP contribution in [-0.2, 0) is 16.1 Å². The molecule has 1 fully saturated rings. The number of hydrogen-bond acceptors (Lipinski definition) is 3. The van der Waals surface area contributed by atoms with Crippen molar-refractivity contribution in [2.45, 2.75) is 45.2 Å². The third-order valence-corrected chi connectivity index (χ3v) is 4.16. The monoisotopic (exact) mass is 332 g/mol. The smallest absolute Gasteiger partial charge is 0.227 e. The number of nitrogens with one attached hydrogen (secondary N) is 2. The maximum atomic E-state index is 12.2. The van der Waals surface area contributed by atoms with Crippen molar-refractivity contribution in [3.05, 3.63) is 29.8 Å². The number of benzene rings is 1. The van der Waals surface area contributed by atoms with E-state index in [0.717, 1.165) is 36.9 Å². The second-order valence-corrected chi connectivity index (χ2v) is 6.37. The zero-order valence-electron chi connectivity index (χ0n) is 14.5. The van der Waals surface area contributed by atoms with Gasteiger partial charge in [0.2, 0.25) is 5.91 Å². The standard InChI is InChI=1S/C18H28N4O2/c1-13(12-24-2)21-18(19)20-11-14-6-5-9-16(10-14)22-17(23)15-7-3-4-8-15/h5-6,9-10,13,15H,3-4,7-8,11-12H2,1-2H3,(H,22,23)(H3,19,20,21). The molecule has 2 rings (SSSR count). The first-order valence-electron chi connectivity index (χ1n) is 8.53. The summed E-state index contributed by atoms with van der Waals surface area (Å²) >= 11 is 0. The van der Waals surface area contributed by atoms with Crippen LogP contribution in [-0.4, -0.2) is 31.6 Å². The summed E-state index contributed by atoms with van der Waals surface area (Å²) < 4.78 is 5.05. The lowest BCUT2D eigenvalue weighted by molar-refractivity contribution is -0.119. The minimum Gasteiger partial charge on any atom is -0.383 e. The van der Waals surface area contributed by atoms with Gasteiger partial charge < -0.3 is 21.1 Å². The molecule has 1 aromatic carbocycles. The number of nitrogens with two attached hydrogens (primary N) is 1. The number of carbonyl (C=O) groups excluding carboxylic acids is 1. The lowest BCUT2D eigenvalue weighted by Crippen LogP contribution is -2.40. The summed E-state index contributed by atoms with van der Waals surface area (Å²) in [5.74, 6) is 0.677. The Morgan fingerprint density at radius 1 is 1.42 bits per heavy atom.